The maximum absolute atomic E-state index is 12.3. The fourth-order valence-corrected chi connectivity index (χ4v) is 1.85. The van der Waals surface area contributed by atoms with Crippen LogP contribution in [0.4, 0.5) is 0 Å². The monoisotopic (exact) mass is 296 g/mol. The highest BCUT2D eigenvalue weighted by atomic mass is 16.4. The minimum Gasteiger partial charge on any atom is -0.410 e. The first-order chi connectivity index (χ1) is 10.7. The number of Topliss-reactive ketones (excluding diaryl/α,β-unsaturated/α-hetero) is 2. The second-order valence-corrected chi connectivity index (χ2v) is 4.29. The van der Waals surface area contributed by atoms with Gasteiger partial charge in [-0.3, -0.25) is 9.59 Å². The molecule has 0 spiro atoms. The van der Waals surface area contributed by atoms with E-state index in [2.05, 4.69) is 10.3 Å². The summed E-state index contributed by atoms with van der Waals surface area (Å²) in [4.78, 5) is 24.6. The van der Waals surface area contributed by atoms with Gasteiger partial charge in [-0.25, -0.2) is 0 Å². The van der Waals surface area contributed by atoms with Gasteiger partial charge in [0.1, 0.15) is 0 Å². The summed E-state index contributed by atoms with van der Waals surface area (Å²) < 4.78 is 0. The van der Waals surface area contributed by atoms with Crippen LogP contribution in [-0.2, 0) is 0 Å². The van der Waals surface area contributed by atoms with E-state index in [0.717, 1.165) is 0 Å². The van der Waals surface area contributed by atoms with Gasteiger partial charge in [0.15, 0.2) is 11.4 Å². The van der Waals surface area contributed by atoms with Crippen molar-refractivity contribution in [2.75, 3.05) is 0 Å². The van der Waals surface area contributed by atoms with Gasteiger partial charge < -0.3 is 10.4 Å². The minimum atomic E-state index is -0.722. The SMILES string of the molecule is O=C(C(=NO)C(=NO)C(=O)c1ccccc1)c1ccccc1. The number of ketones is 2. The summed E-state index contributed by atoms with van der Waals surface area (Å²) >= 11 is 0. The second-order valence-electron chi connectivity index (χ2n) is 4.29. The Labute approximate surface area is 126 Å². The first-order valence-corrected chi connectivity index (χ1v) is 6.33. The lowest BCUT2D eigenvalue weighted by Crippen LogP contribution is -2.31. The molecule has 0 radical (unpaired) electrons. The third kappa shape index (κ3) is 3.06. The summed E-state index contributed by atoms with van der Waals surface area (Å²) in [5, 5.41) is 23.8. The molecule has 2 aromatic rings. The molecule has 0 bridgehead atoms. The van der Waals surface area contributed by atoms with E-state index in [1.807, 2.05) is 0 Å². The number of oxime groups is 2. The van der Waals surface area contributed by atoms with E-state index < -0.39 is 23.0 Å². The zero-order valence-electron chi connectivity index (χ0n) is 11.4. The fraction of sp³-hybridized carbons (Fsp3) is 0. The smallest absolute Gasteiger partial charge is 0.217 e. The van der Waals surface area contributed by atoms with E-state index in [-0.39, 0.29) is 11.1 Å². The van der Waals surface area contributed by atoms with Crippen LogP contribution in [0.5, 0.6) is 0 Å². The van der Waals surface area contributed by atoms with Crippen LogP contribution in [-0.4, -0.2) is 33.4 Å². The number of carbonyl (C=O) groups is 2. The number of hydrogen-bond acceptors (Lipinski definition) is 6. The molecule has 110 valence electrons. The van der Waals surface area contributed by atoms with Crippen molar-refractivity contribution in [3.05, 3.63) is 71.8 Å². The van der Waals surface area contributed by atoms with Crippen LogP contribution in [0.1, 0.15) is 20.7 Å². The molecule has 0 amide bonds. The van der Waals surface area contributed by atoms with E-state index in [4.69, 9.17) is 10.4 Å². The summed E-state index contributed by atoms with van der Waals surface area (Å²) in [6, 6.07) is 15.9. The zero-order valence-corrected chi connectivity index (χ0v) is 11.4. The molecule has 0 saturated heterocycles. The van der Waals surface area contributed by atoms with Crippen LogP contribution in [0, 0.1) is 0 Å². The molecule has 0 aromatic heterocycles. The molecule has 0 aliphatic rings. The van der Waals surface area contributed by atoms with E-state index in [9.17, 15) is 9.59 Å². The number of carbonyl (C=O) groups excluding carboxylic acids is 2. The average Bonchev–Trinajstić information content (AvgIpc) is 2.60. The summed E-state index contributed by atoms with van der Waals surface area (Å²) in [6.07, 6.45) is 0. The molecule has 2 aromatic carbocycles. The van der Waals surface area contributed by atoms with E-state index in [0.29, 0.717) is 0 Å². The normalized spacial score (nSPS) is 12.0. The Balaban J connectivity index is 2.37. The molecule has 6 heteroatoms. The summed E-state index contributed by atoms with van der Waals surface area (Å²) in [7, 11) is 0. The van der Waals surface area contributed by atoms with E-state index >= 15 is 0 Å². The van der Waals surface area contributed by atoms with E-state index in [1.54, 1.807) is 36.4 Å². The Kier molecular flexibility index (Phi) is 4.77. The van der Waals surface area contributed by atoms with E-state index in [1.165, 1.54) is 24.3 Å². The molecule has 0 saturated carbocycles. The highest BCUT2D eigenvalue weighted by Gasteiger charge is 2.27. The number of benzene rings is 2. The van der Waals surface area contributed by atoms with Crippen molar-refractivity contribution >= 4 is 23.0 Å². The molecule has 0 aliphatic heterocycles. The number of rotatable bonds is 5. The maximum atomic E-state index is 12.3. The van der Waals surface area contributed by atoms with Gasteiger partial charge >= 0.3 is 0 Å². The molecular formula is C16H12N2O4. The maximum Gasteiger partial charge on any atom is 0.217 e. The molecule has 22 heavy (non-hydrogen) atoms. The van der Waals surface area contributed by atoms with Crippen molar-refractivity contribution in [2.24, 2.45) is 10.3 Å². The molecule has 0 heterocycles. The lowest BCUT2D eigenvalue weighted by molar-refractivity contribution is 0.104. The van der Waals surface area contributed by atoms with Crippen LogP contribution >= 0.6 is 0 Å². The van der Waals surface area contributed by atoms with Gasteiger partial charge in [-0.15, -0.1) is 0 Å². The van der Waals surface area contributed by atoms with Crippen molar-refractivity contribution in [3.63, 3.8) is 0 Å². The topological polar surface area (TPSA) is 99.3 Å². The van der Waals surface area contributed by atoms with Gasteiger partial charge in [0.2, 0.25) is 11.6 Å². The lowest BCUT2D eigenvalue weighted by atomic mass is 9.98. The van der Waals surface area contributed by atoms with Gasteiger partial charge in [0.25, 0.3) is 0 Å². The molecule has 2 rings (SSSR count). The largest absolute Gasteiger partial charge is 0.410 e. The molecule has 6 nitrogen and oxygen atoms in total. The second kappa shape index (κ2) is 6.94. The Morgan fingerprint density at radius 3 is 1.23 bits per heavy atom. The summed E-state index contributed by atoms with van der Waals surface area (Å²) in [5.74, 6) is -1.44. The third-order valence-corrected chi connectivity index (χ3v) is 2.93. The van der Waals surface area contributed by atoms with Crippen LogP contribution in [0.2, 0.25) is 0 Å². The molecule has 0 atom stereocenters. The first-order valence-electron chi connectivity index (χ1n) is 6.33. The standard InChI is InChI=1S/C16H12N2O4/c19-15(11-7-3-1-4-8-11)13(17-21)14(18-22)16(20)12-9-5-2-6-10-12/h1-10,21-22H. The lowest BCUT2D eigenvalue weighted by Gasteiger charge is -2.05. The van der Waals surface area contributed by atoms with Crippen molar-refractivity contribution in [3.8, 4) is 0 Å². The van der Waals surface area contributed by atoms with Crippen LogP contribution in [0.15, 0.2) is 71.0 Å². The molecule has 2 N–H and O–H groups in total. The molecule has 0 fully saturated rings. The predicted molar refractivity (Wildman–Crippen MR) is 80.0 cm³/mol. The zero-order chi connectivity index (χ0) is 15.9. The number of nitrogens with zero attached hydrogens (tertiary/aromatic N) is 2. The highest BCUT2D eigenvalue weighted by Crippen LogP contribution is 2.07. The van der Waals surface area contributed by atoms with Crippen molar-refractivity contribution in [2.45, 2.75) is 0 Å². The fourth-order valence-electron chi connectivity index (χ4n) is 1.85. The Hall–Kier alpha value is -3.28. The van der Waals surface area contributed by atoms with Crippen molar-refractivity contribution in [1.29, 1.82) is 0 Å². The van der Waals surface area contributed by atoms with Crippen LogP contribution < -0.4 is 0 Å². The highest BCUT2D eigenvalue weighted by molar-refractivity contribution is 6.84. The van der Waals surface area contributed by atoms with Gasteiger partial charge in [-0.2, -0.15) is 0 Å². The Bertz CT molecular complexity index is 672. The molecular weight excluding hydrogens is 284 g/mol. The Morgan fingerprint density at radius 1 is 0.636 bits per heavy atom. The van der Waals surface area contributed by atoms with Gasteiger partial charge in [-0.05, 0) is 0 Å². The first kappa shape index (κ1) is 15.1. The van der Waals surface area contributed by atoms with Gasteiger partial charge in [0, 0.05) is 11.1 Å². The van der Waals surface area contributed by atoms with Crippen molar-refractivity contribution in [1.82, 2.24) is 0 Å². The average molecular weight is 296 g/mol. The van der Waals surface area contributed by atoms with Gasteiger partial charge in [-0.1, -0.05) is 71.0 Å². The van der Waals surface area contributed by atoms with Crippen molar-refractivity contribution < 1.29 is 20.0 Å². The summed E-state index contributed by atoms with van der Waals surface area (Å²) in [5.41, 5.74) is -0.834. The number of hydrogen-bond donors (Lipinski definition) is 2. The minimum absolute atomic E-state index is 0.206. The molecule has 0 unspecified atom stereocenters. The van der Waals surface area contributed by atoms with Crippen LogP contribution in [0.3, 0.4) is 0 Å². The Morgan fingerprint density at radius 2 is 0.955 bits per heavy atom. The van der Waals surface area contributed by atoms with Crippen LogP contribution in [0.25, 0.3) is 0 Å². The summed E-state index contributed by atoms with van der Waals surface area (Å²) in [6.45, 7) is 0. The third-order valence-electron chi connectivity index (χ3n) is 2.93. The molecule has 0 aliphatic carbocycles. The quantitative estimate of drug-likeness (QED) is 0.383. The predicted octanol–water partition coefficient (Wildman–Crippen LogP) is 2.41. The van der Waals surface area contributed by atoms with Gasteiger partial charge in [0.05, 0.1) is 0 Å².